The van der Waals surface area contributed by atoms with Gasteiger partial charge in [-0.2, -0.15) is 0 Å². The SMILES string of the molecule is CCCCCCn1nnc2sc3c(c2c1=O)CCC(C)C3. The molecule has 0 N–H and O–H groups in total. The van der Waals surface area contributed by atoms with E-state index in [4.69, 9.17) is 0 Å². The van der Waals surface area contributed by atoms with Crippen LogP contribution in [0, 0.1) is 5.92 Å². The van der Waals surface area contributed by atoms with Crippen LogP contribution in [0.4, 0.5) is 0 Å². The molecule has 3 rings (SSSR count). The normalized spacial score (nSPS) is 18.1. The summed E-state index contributed by atoms with van der Waals surface area (Å²) in [5, 5.41) is 9.29. The van der Waals surface area contributed by atoms with Crippen molar-refractivity contribution in [1.82, 2.24) is 15.0 Å². The summed E-state index contributed by atoms with van der Waals surface area (Å²) in [5.41, 5.74) is 1.33. The number of aromatic nitrogens is 3. The average Bonchev–Trinajstić information content (AvgIpc) is 2.83. The van der Waals surface area contributed by atoms with Crippen molar-refractivity contribution in [1.29, 1.82) is 0 Å². The van der Waals surface area contributed by atoms with Gasteiger partial charge in [0.15, 0.2) is 4.83 Å². The molecule has 0 radical (unpaired) electrons. The molecule has 2 aromatic heterocycles. The molecule has 1 atom stereocenters. The fourth-order valence-electron chi connectivity index (χ4n) is 3.13. The van der Waals surface area contributed by atoms with Crippen LogP contribution < -0.4 is 5.56 Å². The van der Waals surface area contributed by atoms with Crippen molar-refractivity contribution in [3.05, 3.63) is 20.8 Å². The molecule has 1 aliphatic carbocycles. The number of fused-ring (bicyclic) bond motifs is 3. The van der Waals surface area contributed by atoms with Gasteiger partial charge in [0.2, 0.25) is 0 Å². The zero-order valence-electron chi connectivity index (χ0n) is 12.9. The molecule has 2 heterocycles. The number of hydrogen-bond acceptors (Lipinski definition) is 4. The van der Waals surface area contributed by atoms with Crippen LogP contribution in [-0.4, -0.2) is 15.0 Å². The maximum absolute atomic E-state index is 12.7. The molecular weight excluding hydrogens is 282 g/mol. The van der Waals surface area contributed by atoms with Crippen molar-refractivity contribution in [3.8, 4) is 0 Å². The van der Waals surface area contributed by atoms with Gasteiger partial charge in [0, 0.05) is 11.4 Å². The number of thiophene rings is 1. The molecule has 0 amide bonds. The Balaban J connectivity index is 1.91. The number of aryl methyl sites for hydroxylation is 2. The Bertz CT molecular complexity index is 689. The minimum atomic E-state index is 0.0727. The highest BCUT2D eigenvalue weighted by molar-refractivity contribution is 7.18. The Morgan fingerprint density at radius 1 is 1.33 bits per heavy atom. The summed E-state index contributed by atoms with van der Waals surface area (Å²) in [7, 11) is 0. The monoisotopic (exact) mass is 305 g/mol. The third-order valence-electron chi connectivity index (χ3n) is 4.41. The molecule has 0 bridgehead atoms. The van der Waals surface area contributed by atoms with Gasteiger partial charge in [-0.05, 0) is 37.2 Å². The summed E-state index contributed by atoms with van der Waals surface area (Å²) in [5.74, 6) is 0.717. The van der Waals surface area contributed by atoms with Crippen molar-refractivity contribution >= 4 is 21.6 Å². The maximum atomic E-state index is 12.7. The van der Waals surface area contributed by atoms with E-state index in [2.05, 4.69) is 24.2 Å². The largest absolute Gasteiger partial charge is 0.278 e. The molecule has 4 nitrogen and oxygen atoms in total. The van der Waals surface area contributed by atoms with Gasteiger partial charge in [0.05, 0.1) is 5.39 Å². The van der Waals surface area contributed by atoms with Gasteiger partial charge in [-0.3, -0.25) is 4.79 Å². The number of rotatable bonds is 5. The van der Waals surface area contributed by atoms with E-state index in [1.165, 1.54) is 29.7 Å². The first kappa shape index (κ1) is 14.7. The van der Waals surface area contributed by atoms with Crippen LogP contribution in [-0.2, 0) is 19.4 Å². The van der Waals surface area contributed by atoms with E-state index in [0.717, 1.165) is 41.8 Å². The van der Waals surface area contributed by atoms with E-state index in [1.54, 1.807) is 16.0 Å². The van der Waals surface area contributed by atoms with Crippen molar-refractivity contribution in [2.45, 2.75) is 65.3 Å². The summed E-state index contributed by atoms with van der Waals surface area (Å²) in [4.78, 5) is 14.9. The lowest BCUT2D eigenvalue weighted by atomic mass is 9.89. The molecule has 0 aromatic carbocycles. The van der Waals surface area contributed by atoms with Gasteiger partial charge in [-0.25, -0.2) is 4.68 Å². The third kappa shape index (κ3) is 2.89. The highest BCUT2D eigenvalue weighted by atomic mass is 32.1. The second-order valence-electron chi connectivity index (χ2n) is 6.21. The Morgan fingerprint density at radius 2 is 2.19 bits per heavy atom. The second-order valence-corrected chi connectivity index (χ2v) is 7.29. The van der Waals surface area contributed by atoms with Crippen LogP contribution in [0.15, 0.2) is 4.79 Å². The minimum Gasteiger partial charge on any atom is -0.267 e. The zero-order valence-corrected chi connectivity index (χ0v) is 13.7. The Kier molecular flexibility index (Phi) is 4.38. The van der Waals surface area contributed by atoms with Crippen molar-refractivity contribution in [2.75, 3.05) is 0 Å². The summed E-state index contributed by atoms with van der Waals surface area (Å²) in [6, 6.07) is 0. The maximum Gasteiger partial charge on any atom is 0.278 e. The number of nitrogens with zero attached hydrogens (tertiary/aromatic N) is 3. The summed E-state index contributed by atoms with van der Waals surface area (Å²) >= 11 is 1.67. The quantitative estimate of drug-likeness (QED) is 0.794. The van der Waals surface area contributed by atoms with Gasteiger partial charge < -0.3 is 0 Å². The first-order valence-electron chi connectivity index (χ1n) is 8.08. The van der Waals surface area contributed by atoms with Crippen molar-refractivity contribution in [3.63, 3.8) is 0 Å². The highest BCUT2D eigenvalue weighted by Crippen LogP contribution is 2.35. The van der Waals surface area contributed by atoms with Crippen LogP contribution in [0.5, 0.6) is 0 Å². The van der Waals surface area contributed by atoms with Crippen LogP contribution in [0.25, 0.3) is 10.2 Å². The lowest BCUT2D eigenvalue weighted by Crippen LogP contribution is -2.25. The Hall–Kier alpha value is -1.23. The number of hydrogen-bond donors (Lipinski definition) is 0. The van der Waals surface area contributed by atoms with E-state index in [0.29, 0.717) is 6.54 Å². The predicted octanol–water partition coefficient (Wildman–Crippen LogP) is 3.56. The van der Waals surface area contributed by atoms with E-state index < -0.39 is 0 Å². The molecular formula is C16H23N3OS. The summed E-state index contributed by atoms with van der Waals surface area (Å²) in [6.45, 7) is 5.17. The Labute approximate surface area is 129 Å². The van der Waals surface area contributed by atoms with E-state index in [9.17, 15) is 4.79 Å². The first-order chi connectivity index (χ1) is 10.2. The van der Waals surface area contributed by atoms with Crippen LogP contribution in [0.3, 0.4) is 0 Å². The van der Waals surface area contributed by atoms with E-state index in [1.807, 2.05) is 0 Å². The predicted molar refractivity (Wildman–Crippen MR) is 87.0 cm³/mol. The summed E-state index contributed by atoms with van der Waals surface area (Å²) < 4.78 is 1.57. The second kappa shape index (κ2) is 6.26. The molecule has 114 valence electrons. The number of unbranched alkanes of at least 4 members (excludes halogenated alkanes) is 3. The minimum absolute atomic E-state index is 0.0727. The molecule has 0 aliphatic heterocycles. The fourth-order valence-corrected chi connectivity index (χ4v) is 4.44. The third-order valence-corrected chi connectivity index (χ3v) is 5.55. The van der Waals surface area contributed by atoms with Gasteiger partial charge in [-0.15, -0.1) is 16.4 Å². The van der Waals surface area contributed by atoms with Crippen LogP contribution in [0.1, 0.15) is 56.4 Å². The zero-order chi connectivity index (χ0) is 14.8. The van der Waals surface area contributed by atoms with Gasteiger partial charge in [-0.1, -0.05) is 38.3 Å². The molecule has 21 heavy (non-hydrogen) atoms. The molecule has 2 aromatic rings. The van der Waals surface area contributed by atoms with Crippen molar-refractivity contribution < 1.29 is 0 Å². The van der Waals surface area contributed by atoms with Crippen LogP contribution in [0.2, 0.25) is 0 Å². The molecule has 0 saturated heterocycles. The molecule has 5 heteroatoms. The molecule has 1 aliphatic rings. The van der Waals surface area contributed by atoms with E-state index >= 15 is 0 Å². The van der Waals surface area contributed by atoms with E-state index in [-0.39, 0.29) is 5.56 Å². The Morgan fingerprint density at radius 3 is 3.00 bits per heavy atom. The van der Waals surface area contributed by atoms with Crippen LogP contribution >= 0.6 is 11.3 Å². The molecule has 1 unspecified atom stereocenters. The lowest BCUT2D eigenvalue weighted by Gasteiger charge is -2.17. The lowest BCUT2D eigenvalue weighted by molar-refractivity contribution is 0.499. The highest BCUT2D eigenvalue weighted by Gasteiger charge is 2.23. The topological polar surface area (TPSA) is 47.8 Å². The van der Waals surface area contributed by atoms with Gasteiger partial charge in [0.1, 0.15) is 0 Å². The van der Waals surface area contributed by atoms with Crippen molar-refractivity contribution in [2.24, 2.45) is 5.92 Å². The first-order valence-corrected chi connectivity index (χ1v) is 8.90. The standard InChI is InChI=1S/C16H23N3OS/c1-3-4-5-6-9-19-16(20)14-12-8-7-11(2)10-13(12)21-15(14)17-18-19/h11H,3-10H2,1-2H3. The smallest absolute Gasteiger partial charge is 0.267 e. The summed E-state index contributed by atoms with van der Waals surface area (Å²) in [6.07, 6.45) is 7.88. The van der Waals surface area contributed by atoms with Gasteiger partial charge >= 0.3 is 0 Å². The fraction of sp³-hybridized carbons (Fsp3) is 0.688. The molecule has 0 spiro atoms. The van der Waals surface area contributed by atoms with Gasteiger partial charge in [0.25, 0.3) is 5.56 Å². The molecule has 0 fully saturated rings. The molecule has 0 saturated carbocycles. The average molecular weight is 305 g/mol.